The first-order valence-corrected chi connectivity index (χ1v) is 12.1. The highest BCUT2D eigenvalue weighted by atomic mass is 16.5. The first-order valence-electron chi connectivity index (χ1n) is 12.1. The van der Waals surface area contributed by atoms with Crippen LogP contribution in [0, 0.1) is 0 Å². The average molecular weight is 425 g/mol. The summed E-state index contributed by atoms with van der Waals surface area (Å²) in [6, 6.07) is 0. The third-order valence-electron chi connectivity index (χ3n) is 4.76. The van der Waals surface area contributed by atoms with Crippen molar-refractivity contribution in [3.63, 3.8) is 0 Å². The molecule has 0 fully saturated rings. The number of hydrogen-bond acceptors (Lipinski definition) is 4. The molecule has 30 heavy (non-hydrogen) atoms. The molecule has 0 unspecified atom stereocenters. The molecule has 0 atom stereocenters. The Labute approximate surface area is 186 Å². The van der Waals surface area contributed by atoms with E-state index in [2.05, 4.69) is 47.6 Å². The minimum Gasteiger partial charge on any atom is -0.469 e. The van der Waals surface area contributed by atoms with Crippen LogP contribution in [-0.4, -0.2) is 26.2 Å². The summed E-state index contributed by atoms with van der Waals surface area (Å²) in [5.41, 5.74) is 0. The van der Waals surface area contributed by atoms with Crippen LogP contribution in [0.3, 0.4) is 0 Å². The van der Waals surface area contributed by atoms with Crippen LogP contribution in [-0.2, 0) is 19.1 Å². The van der Waals surface area contributed by atoms with E-state index in [-0.39, 0.29) is 11.9 Å². The Bertz CT molecular complexity index is 387. The van der Waals surface area contributed by atoms with Crippen molar-refractivity contribution < 1.29 is 19.1 Å². The molecule has 0 bridgehead atoms. The van der Waals surface area contributed by atoms with Crippen LogP contribution in [0.25, 0.3) is 0 Å². The number of unbranched alkanes of at least 4 members (excludes halogenated alkanes) is 10. The molecule has 0 rings (SSSR count). The van der Waals surface area contributed by atoms with Crippen molar-refractivity contribution in [2.45, 2.75) is 117 Å². The number of hydrogen-bond donors (Lipinski definition) is 0. The lowest BCUT2D eigenvalue weighted by atomic mass is 10.1. The highest BCUT2D eigenvalue weighted by Crippen LogP contribution is 2.09. The summed E-state index contributed by atoms with van der Waals surface area (Å²) in [6.45, 7) is 4.31. The monoisotopic (exact) mass is 424 g/mol. The summed E-state index contributed by atoms with van der Waals surface area (Å²) >= 11 is 0. The predicted octanol–water partition coefficient (Wildman–Crippen LogP) is 7.71. The lowest BCUT2D eigenvalue weighted by Crippen LogP contribution is -1.98. The zero-order chi connectivity index (χ0) is 22.7. The van der Waals surface area contributed by atoms with E-state index in [1.54, 1.807) is 0 Å². The van der Waals surface area contributed by atoms with Gasteiger partial charge in [0.2, 0.25) is 0 Å². The Hall–Kier alpha value is -1.58. The number of carbonyl (C=O) groups excluding carboxylic acids is 2. The van der Waals surface area contributed by atoms with E-state index in [0.29, 0.717) is 12.8 Å². The molecule has 0 radical (unpaired) electrons. The van der Waals surface area contributed by atoms with Crippen molar-refractivity contribution in [3.8, 4) is 0 Å². The van der Waals surface area contributed by atoms with Crippen LogP contribution < -0.4 is 0 Å². The Balaban J connectivity index is 0. The number of ether oxygens (including phenoxy) is 2. The summed E-state index contributed by atoms with van der Waals surface area (Å²) in [5.74, 6) is -0.165. The van der Waals surface area contributed by atoms with Gasteiger partial charge in [0.1, 0.15) is 0 Å². The van der Waals surface area contributed by atoms with Crippen molar-refractivity contribution in [2.24, 2.45) is 0 Å². The molecule has 0 aromatic heterocycles. The summed E-state index contributed by atoms with van der Waals surface area (Å²) in [6.07, 6.45) is 26.6. The molecule has 0 saturated carbocycles. The largest absolute Gasteiger partial charge is 0.469 e. The zero-order valence-corrected chi connectivity index (χ0v) is 20.3. The van der Waals surface area contributed by atoms with Crippen molar-refractivity contribution in [1.82, 2.24) is 0 Å². The van der Waals surface area contributed by atoms with Gasteiger partial charge in [0.25, 0.3) is 0 Å². The van der Waals surface area contributed by atoms with Gasteiger partial charge in [0.15, 0.2) is 0 Å². The molecule has 0 aliphatic carbocycles. The molecule has 0 heterocycles. The van der Waals surface area contributed by atoms with Gasteiger partial charge in [-0.05, 0) is 51.4 Å². The van der Waals surface area contributed by atoms with Crippen molar-refractivity contribution >= 4 is 11.9 Å². The third kappa shape index (κ3) is 28.6. The lowest BCUT2D eigenvalue weighted by molar-refractivity contribution is -0.141. The van der Waals surface area contributed by atoms with Gasteiger partial charge in [-0.1, -0.05) is 76.7 Å². The van der Waals surface area contributed by atoms with Crippen molar-refractivity contribution in [3.05, 3.63) is 24.3 Å². The second-order valence-electron chi connectivity index (χ2n) is 7.52. The topological polar surface area (TPSA) is 52.6 Å². The third-order valence-corrected chi connectivity index (χ3v) is 4.76. The smallest absolute Gasteiger partial charge is 0.305 e. The van der Waals surface area contributed by atoms with Gasteiger partial charge in [-0.15, -0.1) is 0 Å². The van der Waals surface area contributed by atoms with Gasteiger partial charge >= 0.3 is 11.9 Å². The first kappa shape index (κ1) is 30.6. The summed E-state index contributed by atoms with van der Waals surface area (Å²) in [7, 11) is 2.89. The fraction of sp³-hybridized carbons (Fsp3) is 0.769. The lowest BCUT2D eigenvalue weighted by Gasteiger charge is -1.99. The fourth-order valence-corrected chi connectivity index (χ4v) is 2.90. The van der Waals surface area contributed by atoms with Crippen LogP contribution in [0.4, 0.5) is 0 Å². The van der Waals surface area contributed by atoms with Crippen LogP contribution in [0.1, 0.15) is 117 Å². The van der Waals surface area contributed by atoms with Crippen molar-refractivity contribution in [2.75, 3.05) is 14.2 Å². The summed E-state index contributed by atoms with van der Waals surface area (Å²) in [5, 5.41) is 0. The van der Waals surface area contributed by atoms with E-state index in [0.717, 1.165) is 38.5 Å². The highest BCUT2D eigenvalue weighted by molar-refractivity contribution is 5.69. The zero-order valence-electron chi connectivity index (χ0n) is 20.3. The van der Waals surface area contributed by atoms with E-state index in [1.807, 2.05) is 0 Å². The fourth-order valence-electron chi connectivity index (χ4n) is 2.90. The molecule has 0 aliphatic heterocycles. The molecule has 4 heteroatoms. The van der Waals surface area contributed by atoms with Gasteiger partial charge < -0.3 is 9.47 Å². The second-order valence-corrected chi connectivity index (χ2v) is 7.52. The van der Waals surface area contributed by atoms with Crippen molar-refractivity contribution in [1.29, 1.82) is 0 Å². The quantitative estimate of drug-likeness (QED) is 0.128. The van der Waals surface area contributed by atoms with Crippen LogP contribution >= 0.6 is 0 Å². The first-order chi connectivity index (χ1) is 14.6. The molecule has 0 aromatic carbocycles. The van der Waals surface area contributed by atoms with E-state index >= 15 is 0 Å². The Morgan fingerprint density at radius 3 is 1.20 bits per heavy atom. The Kier molecular flexibility index (Phi) is 28.0. The number of carbonyl (C=O) groups is 2. The minimum atomic E-state index is -0.0825. The highest BCUT2D eigenvalue weighted by Gasteiger charge is 1.99. The maximum Gasteiger partial charge on any atom is 0.305 e. The standard InChI is InChI=1S/2C13H24O2/c2*1-3-4-5-6-7-8-9-10-11-12-13(14)15-2/h2*4-5H,3,6-12H2,1-2H3/b5-4+;5-4-. The van der Waals surface area contributed by atoms with Crippen LogP contribution in [0.2, 0.25) is 0 Å². The molecule has 0 aliphatic rings. The maximum absolute atomic E-state index is 10.8. The maximum atomic E-state index is 10.8. The number of allylic oxidation sites excluding steroid dienone is 4. The molecular formula is C26H48O4. The SMILES string of the molecule is CC/C=C/CCCCCCCC(=O)OC.CC/C=C\CCCCCCCC(=O)OC. The second kappa shape index (κ2) is 27.4. The minimum absolute atomic E-state index is 0.0825. The Morgan fingerprint density at radius 2 is 0.867 bits per heavy atom. The van der Waals surface area contributed by atoms with E-state index < -0.39 is 0 Å². The molecule has 176 valence electrons. The molecular weight excluding hydrogens is 376 g/mol. The molecule has 0 spiro atoms. The van der Waals surface area contributed by atoms with Gasteiger partial charge in [-0.3, -0.25) is 9.59 Å². The van der Waals surface area contributed by atoms with Gasteiger partial charge in [-0.2, -0.15) is 0 Å². The van der Waals surface area contributed by atoms with E-state index in [4.69, 9.17) is 0 Å². The van der Waals surface area contributed by atoms with E-state index in [1.165, 1.54) is 65.6 Å². The van der Waals surface area contributed by atoms with Crippen LogP contribution in [0.5, 0.6) is 0 Å². The molecule has 0 amide bonds. The molecule has 0 aromatic rings. The van der Waals surface area contributed by atoms with E-state index in [9.17, 15) is 9.59 Å². The molecule has 4 nitrogen and oxygen atoms in total. The number of esters is 2. The van der Waals surface area contributed by atoms with Gasteiger partial charge in [-0.25, -0.2) is 0 Å². The Morgan fingerprint density at radius 1 is 0.533 bits per heavy atom. The van der Waals surface area contributed by atoms with Crippen LogP contribution in [0.15, 0.2) is 24.3 Å². The predicted molar refractivity (Wildman–Crippen MR) is 128 cm³/mol. The summed E-state index contributed by atoms with van der Waals surface area (Å²) < 4.78 is 9.15. The number of methoxy groups -OCH3 is 2. The molecule has 0 saturated heterocycles. The van der Waals surface area contributed by atoms with Gasteiger partial charge in [0, 0.05) is 12.8 Å². The van der Waals surface area contributed by atoms with Gasteiger partial charge in [0.05, 0.1) is 14.2 Å². The summed E-state index contributed by atoms with van der Waals surface area (Å²) in [4.78, 5) is 21.6. The average Bonchev–Trinajstić information content (AvgIpc) is 2.76. The normalized spacial score (nSPS) is 10.8. The molecule has 0 N–H and O–H groups in total. The number of rotatable bonds is 18.